The molecule has 3 heterocycles. The van der Waals surface area contributed by atoms with Crippen LogP contribution in [0.4, 0.5) is 5.82 Å². The minimum absolute atomic E-state index is 0.941. The molecule has 0 atom stereocenters. The van der Waals surface area contributed by atoms with Crippen LogP contribution >= 0.6 is 0 Å². The third kappa shape index (κ3) is 2.69. The molecule has 0 bridgehead atoms. The number of rotatable bonds is 6. The SMILES string of the molecule is CCNCCCNc1[nH]ccc2c(C)c3c(cc12)c1cnccc1[n+]3C. The number of hydrogen-bond acceptors (Lipinski definition) is 3. The van der Waals surface area contributed by atoms with Crippen molar-refractivity contribution in [2.45, 2.75) is 20.3 Å². The van der Waals surface area contributed by atoms with Crippen LogP contribution in [0.3, 0.4) is 0 Å². The summed E-state index contributed by atoms with van der Waals surface area (Å²) in [5.41, 5.74) is 3.81. The topological polar surface area (TPSA) is 56.6 Å². The van der Waals surface area contributed by atoms with E-state index in [-0.39, 0.29) is 0 Å². The van der Waals surface area contributed by atoms with Gasteiger partial charge in [-0.3, -0.25) is 4.98 Å². The Morgan fingerprint density at radius 1 is 1.12 bits per heavy atom. The van der Waals surface area contributed by atoms with Crippen LogP contribution < -0.4 is 15.2 Å². The number of nitrogens with one attached hydrogen (secondary N) is 3. The second-order valence-electron chi connectivity index (χ2n) is 6.80. The minimum Gasteiger partial charge on any atom is -0.371 e. The lowest BCUT2D eigenvalue weighted by molar-refractivity contribution is -0.616. The standard InChI is InChI=1S/C21H25N5/c1-4-22-8-5-9-24-21-17-12-16-18-13-23-10-7-19(18)26(3)20(16)14(2)15(17)6-11-25-21/h6-7,10-13,22H,4-5,8-9H2,1-3H3,(H,24,25)/p+1. The van der Waals surface area contributed by atoms with Gasteiger partial charge in [0.05, 0.1) is 10.8 Å². The number of benzene rings is 1. The number of aromatic amines is 1. The summed E-state index contributed by atoms with van der Waals surface area (Å²) in [6.45, 7) is 7.35. The van der Waals surface area contributed by atoms with Crippen LogP contribution in [-0.2, 0) is 7.05 Å². The van der Waals surface area contributed by atoms with Gasteiger partial charge in [0.25, 0.3) is 0 Å². The summed E-state index contributed by atoms with van der Waals surface area (Å²) in [7, 11) is 2.14. The number of aromatic nitrogens is 3. The van der Waals surface area contributed by atoms with E-state index in [1.54, 1.807) is 0 Å². The van der Waals surface area contributed by atoms with Gasteiger partial charge < -0.3 is 15.6 Å². The summed E-state index contributed by atoms with van der Waals surface area (Å²) in [5, 5.41) is 11.9. The molecule has 3 N–H and O–H groups in total. The number of hydrogen-bond donors (Lipinski definition) is 3. The van der Waals surface area contributed by atoms with Gasteiger partial charge >= 0.3 is 0 Å². The molecule has 3 aromatic heterocycles. The van der Waals surface area contributed by atoms with Gasteiger partial charge in [-0.1, -0.05) is 6.92 Å². The molecule has 0 fully saturated rings. The number of nitrogens with zero attached hydrogens (tertiary/aromatic N) is 2. The highest BCUT2D eigenvalue weighted by atomic mass is 15.0. The van der Waals surface area contributed by atoms with E-state index < -0.39 is 0 Å². The molecule has 4 rings (SSSR count). The second kappa shape index (κ2) is 6.92. The lowest BCUT2D eigenvalue weighted by Crippen LogP contribution is -2.27. The average molecular weight is 348 g/mol. The molecule has 0 saturated heterocycles. The quantitative estimate of drug-likeness (QED) is 0.370. The molecule has 0 spiro atoms. The number of pyridine rings is 2. The molecular weight excluding hydrogens is 322 g/mol. The van der Waals surface area contributed by atoms with Gasteiger partial charge in [-0.25, -0.2) is 0 Å². The van der Waals surface area contributed by atoms with Crippen molar-refractivity contribution in [3.8, 4) is 0 Å². The molecule has 0 aliphatic carbocycles. The van der Waals surface area contributed by atoms with Crippen LogP contribution in [0.15, 0.2) is 36.8 Å². The van der Waals surface area contributed by atoms with Gasteiger partial charge in [-0.2, -0.15) is 4.57 Å². The van der Waals surface area contributed by atoms with Crippen LogP contribution in [-0.4, -0.2) is 29.6 Å². The third-order valence-electron chi connectivity index (χ3n) is 5.21. The van der Waals surface area contributed by atoms with Gasteiger partial charge in [0.15, 0.2) is 0 Å². The van der Waals surface area contributed by atoms with Crippen molar-refractivity contribution in [2.24, 2.45) is 7.05 Å². The summed E-state index contributed by atoms with van der Waals surface area (Å²) in [4.78, 5) is 7.74. The van der Waals surface area contributed by atoms with Crippen LogP contribution in [0.1, 0.15) is 18.9 Å². The molecule has 5 heteroatoms. The number of aryl methyl sites for hydroxylation is 2. The third-order valence-corrected chi connectivity index (χ3v) is 5.21. The fourth-order valence-electron chi connectivity index (χ4n) is 3.92. The number of anilines is 1. The highest BCUT2D eigenvalue weighted by Gasteiger charge is 2.21. The van der Waals surface area contributed by atoms with Gasteiger partial charge in [0.1, 0.15) is 12.9 Å². The zero-order chi connectivity index (χ0) is 18.1. The zero-order valence-corrected chi connectivity index (χ0v) is 15.7. The largest absolute Gasteiger partial charge is 0.371 e. The predicted octanol–water partition coefficient (Wildman–Crippen LogP) is 3.41. The first-order chi connectivity index (χ1) is 12.7. The van der Waals surface area contributed by atoms with Crippen LogP contribution in [0.5, 0.6) is 0 Å². The summed E-state index contributed by atoms with van der Waals surface area (Å²) in [5.74, 6) is 1.09. The van der Waals surface area contributed by atoms with Crippen LogP contribution in [0.25, 0.3) is 32.6 Å². The first-order valence-corrected chi connectivity index (χ1v) is 9.33. The molecular formula is C21H26N5+. The van der Waals surface area contributed by atoms with Crippen LogP contribution in [0, 0.1) is 6.92 Å². The fraction of sp³-hybridized carbons (Fsp3) is 0.333. The maximum Gasteiger partial charge on any atom is 0.217 e. The number of H-pyrrole nitrogens is 1. The molecule has 5 nitrogen and oxygen atoms in total. The number of fused-ring (bicyclic) bond motifs is 4. The highest BCUT2D eigenvalue weighted by molar-refractivity contribution is 6.12. The normalized spacial score (nSPS) is 11.7. The summed E-state index contributed by atoms with van der Waals surface area (Å²) < 4.78 is 2.28. The Hall–Kier alpha value is -2.66. The van der Waals surface area contributed by atoms with E-state index in [0.717, 1.165) is 31.9 Å². The van der Waals surface area contributed by atoms with Gasteiger partial charge in [0, 0.05) is 42.2 Å². The van der Waals surface area contributed by atoms with Gasteiger partial charge in [-0.05, 0) is 44.0 Å². The van der Waals surface area contributed by atoms with Gasteiger partial charge in [-0.15, -0.1) is 0 Å². The van der Waals surface area contributed by atoms with E-state index in [1.807, 2.05) is 18.6 Å². The van der Waals surface area contributed by atoms with E-state index in [0.29, 0.717) is 0 Å². The van der Waals surface area contributed by atoms with E-state index in [2.05, 4.69) is 64.3 Å². The summed E-state index contributed by atoms with van der Waals surface area (Å²) >= 11 is 0. The van der Waals surface area contributed by atoms with Crippen LogP contribution in [0.2, 0.25) is 0 Å². The lowest BCUT2D eigenvalue weighted by atomic mass is 10.0. The molecule has 0 aliphatic heterocycles. The summed E-state index contributed by atoms with van der Waals surface area (Å²) in [6, 6.07) is 6.56. The lowest BCUT2D eigenvalue weighted by Gasteiger charge is -2.11. The fourth-order valence-corrected chi connectivity index (χ4v) is 3.92. The molecule has 0 radical (unpaired) electrons. The molecule has 0 saturated carbocycles. The Labute approximate surface area is 153 Å². The van der Waals surface area contributed by atoms with Crippen molar-refractivity contribution >= 4 is 38.4 Å². The highest BCUT2D eigenvalue weighted by Crippen LogP contribution is 2.33. The van der Waals surface area contributed by atoms with Crippen molar-refractivity contribution in [1.82, 2.24) is 15.3 Å². The molecule has 26 heavy (non-hydrogen) atoms. The van der Waals surface area contributed by atoms with E-state index >= 15 is 0 Å². The molecule has 0 unspecified atom stereocenters. The Morgan fingerprint density at radius 3 is 2.85 bits per heavy atom. The van der Waals surface area contributed by atoms with E-state index in [9.17, 15) is 0 Å². The van der Waals surface area contributed by atoms with Crippen molar-refractivity contribution in [3.05, 3.63) is 42.4 Å². The van der Waals surface area contributed by atoms with Crippen molar-refractivity contribution in [1.29, 1.82) is 0 Å². The maximum atomic E-state index is 4.34. The predicted molar refractivity (Wildman–Crippen MR) is 109 cm³/mol. The second-order valence-corrected chi connectivity index (χ2v) is 6.80. The molecule has 0 amide bonds. The molecule has 4 aromatic rings. The Balaban J connectivity index is 1.84. The maximum absolute atomic E-state index is 4.34. The molecule has 134 valence electrons. The minimum atomic E-state index is 0.941. The van der Waals surface area contributed by atoms with Crippen molar-refractivity contribution in [2.75, 3.05) is 25.0 Å². The Morgan fingerprint density at radius 2 is 2.00 bits per heavy atom. The van der Waals surface area contributed by atoms with Crippen molar-refractivity contribution in [3.63, 3.8) is 0 Å². The summed E-state index contributed by atoms with van der Waals surface area (Å²) in [6.07, 6.45) is 6.95. The van der Waals surface area contributed by atoms with Crippen molar-refractivity contribution < 1.29 is 4.57 Å². The van der Waals surface area contributed by atoms with Gasteiger partial charge in [0.2, 0.25) is 11.0 Å². The van der Waals surface area contributed by atoms with E-state index in [4.69, 9.17) is 0 Å². The Bertz CT molecular complexity index is 1080. The zero-order valence-electron chi connectivity index (χ0n) is 15.7. The first-order valence-electron chi connectivity index (χ1n) is 9.33. The first kappa shape index (κ1) is 16.8. The molecule has 1 aromatic carbocycles. The van der Waals surface area contributed by atoms with E-state index in [1.165, 1.54) is 38.1 Å². The average Bonchev–Trinajstić information content (AvgIpc) is 2.95. The molecule has 0 aliphatic rings. The monoisotopic (exact) mass is 348 g/mol. The Kier molecular flexibility index (Phi) is 4.47. The smallest absolute Gasteiger partial charge is 0.217 e.